The van der Waals surface area contributed by atoms with Crippen molar-refractivity contribution in [3.05, 3.63) is 23.8 Å². The maximum absolute atomic E-state index is 11.9. The molecule has 0 atom stereocenters. The van der Waals surface area contributed by atoms with Gasteiger partial charge in [0.15, 0.2) is 9.84 Å². The van der Waals surface area contributed by atoms with Gasteiger partial charge in [0, 0.05) is 0 Å². The number of para-hydroxylation sites is 1. The zero-order chi connectivity index (χ0) is 16.3. The number of anilines is 1. The lowest BCUT2D eigenvalue weighted by Crippen LogP contribution is -2.32. The predicted molar refractivity (Wildman–Crippen MR) is 81.2 cm³/mol. The molecule has 0 aliphatic carbocycles. The average molecular weight is 315 g/mol. The lowest BCUT2D eigenvalue weighted by Gasteiger charge is -2.19. The predicted octanol–water partition coefficient (Wildman–Crippen LogP) is 1.65. The van der Waals surface area contributed by atoms with Gasteiger partial charge in [0.25, 0.3) is 0 Å². The Bertz CT molecular complexity index is 617. The van der Waals surface area contributed by atoms with Gasteiger partial charge >= 0.3 is 5.97 Å². The molecule has 0 aliphatic heterocycles. The van der Waals surface area contributed by atoms with Crippen LogP contribution in [0.15, 0.2) is 18.2 Å². The molecule has 1 rings (SSSR count). The van der Waals surface area contributed by atoms with Gasteiger partial charge in [-0.1, -0.05) is 6.07 Å². The van der Waals surface area contributed by atoms with Crippen LogP contribution < -0.4 is 10.5 Å². The number of nitrogens with two attached hydrogens (primary N) is 1. The number of sulfone groups is 1. The van der Waals surface area contributed by atoms with Crippen molar-refractivity contribution in [2.75, 3.05) is 25.2 Å². The molecule has 7 heteroatoms. The fourth-order valence-electron chi connectivity index (χ4n) is 1.53. The van der Waals surface area contributed by atoms with Crippen LogP contribution >= 0.6 is 0 Å². The molecule has 118 valence electrons. The van der Waals surface area contributed by atoms with E-state index < -0.39 is 20.6 Å². The molecule has 0 amide bonds. The standard InChI is InChI=1S/C14H21NO5S/c1-14(2,3)21(17,18)9-8-20-13(16)10-6-5-7-11(19-4)12(10)15/h5-7H,8-9,15H2,1-4H3. The normalized spacial score (nSPS) is 12.0. The fourth-order valence-corrected chi connectivity index (χ4v) is 2.44. The van der Waals surface area contributed by atoms with Gasteiger partial charge in [0.05, 0.1) is 28.9 Å². The highest BCUT2D eigenvalue weighted by Crippen LogP contribution is 2.25. The molecule has 0 aromatic heterocycles. The molecular formula is C14H21NO5S. The minimum absolute atomic E-state index is 0.155. The first-order valence-electron chi connectivity index (χ1n) is 6.42. The lowest BCUT2D eigenvalue weighted by atomic mass is 10.1. The zero-order valence-corrected chi connectivity index (χ0v) is 13.5. The summed E-state index contributed by atoms with van der Waals surface area (Å²) in [6.07, 6.45) is 0. The second-order valence-corrected chi connectivity index (χ2v) is 8.35. The molecule has 0 fully saturated rings. The van der Waals surface area contributed by atoms with E-state index >= 15 is 0 Å². The highest BCUT2D eigenvalue weighted by molar-refractivity contribution is 7.92. The van der Waals surface area contributed by atoms with Crippen LogP contribution in [-0.4, -0.2) is 38.6 Å². The molecule has 1 aromatic rings. The van der Waals surface area contributed by atoms with Crippen LogP contribution in [0.3, 0.4) is 0 Å². The second-order valence-electron chi connectivity index (χ2n) is 5.49. The SMILES string of the molecule is COc1cccc(C(=O)OCCS(=O)(=O)C(C)(C)C)c1N. The minimum Gasteiger partial charge on any atom is -0.495 e. The molecule has 0 saturated carbocycles. The summed E-state index contributed by atoms with van der Waals surface area (Å²) in [5, 5.41) is 0. The van der Waals surface area contributed by atoms with Crippen molar-refractivity contribution in [2.45, 2.75) is 25.5 Å². The van der Waals surface area contributed by atoms with E-state index in [-0.39, 0.29) is 23.6 Å². The Balaban J connectivity index is 2.72. The summed E-state index contributed by atoms with van der Waals surface area (Å²) in [7, 11) is -1.89. The number of hydrogen-bond acceptors (Lipinski definition) is 6. The Kier molecular flexibility index (Phi) is 5.22. The third kappa shape index (κ3) is 4.10. The number of benzene rings is 1. The van der Waals surface area contributed by atoms with Crippen molar-refractivity contribution < 1.29 is 22.7 Å². The quantitative estimate of drug-likeness (QED) is 0.655. The Labute approximate surface area is 125 Å². The third-order valence-corrected chi connectivity index (χ3v) is 5.59. The van der Waals surface area contributed by atoms with Gasteiger partial charge in [0.2, 0.25) is 0 Å². The summed E-state index contributed by atoms with van der Waals surface area (Å²) < 4.78 is 32.9. The van der Waals surface area contributed by atoms with Gasteiger partial charge in [-0.25, -0.2) is 13.2 Å². The molecule has 0 aliphatic rings. The van der Waals surface area contributed by atoms with Crippen LogP contribution in [0.1, 0.15) is 31.1 Å². The number of carbonyl (C=O) groups excluding carboxylic acids is 1. The first-order valence-corrected chi connectivity index (χ1v) is 8.07. The molecule has 21 heavy (non-hydrogen) atoms. The van der Waals surface area contributed by atoms with Crippen molar-refractivity contribution in [1.29, 1.82) is 0 Å². The van der Waals surface area contributed by atoms with E-state index in [1.807, 2.05) is 0 Å². The van der Waals surface area contributed by atoms with Crippen molar-refractivity contribution in [1.82, 2.24) is 0 Å². The highest BCUT2D eigenvalue weighted by atomic mass is 32.2. The van der Waals surface area contributed by atoms with Crippen LogP contribution in [-0.2, 0) is 14.6 Å². The molecular weight excluding hydrogens is 294 g/mol. The molecule has 0 saturated heterocycles. The molecule has 0 bridgehead atoms. The molecule has 0 unspecified atom stereocenters. The first kappa shape index (κ1) is 17.3. The van der Waals surface area contributed by atoms with Crippen molar-refractivity contribution >= 4 is 21.5 Å². The summed E-state index contributed by atoms with van der Waals surface area (Å²) in [5.41, 5.74) is 6.10. The van der Waals surface area contributed by atoms with Gasteiger partial charge < -0.3 is 15.2 Å². The van der Waals surface area contributed by atoms with Crippen LogP contribution in [0.25, 0.3) is 0 Å². The van der Waals surface area contributed by atoms with Crippen molar-refractivity contribution in [2.24, 2.45) is 0 Å². The lowest BCUT2D eigenvalue weighted by molar-refractivity contribution is 0.0530. The summed E-state index contributed by atoms with van der Waals surface area (Å²) in [4.78, 5) is 11.9. The van der Waals surface area contributed by atoms with Gasteiger partial charge in [-0.3, -0.25) is 0 Å². The second kappa shape index (κ2) is 6.34. The summed E-state index contributed by atoms with van der Waals surface area (Å²) in [5.74, 6) is -0.533. The number of esters is 1. The number of ether oxygens (including phenoxy) is 2. The minimum atomic E-state index is -3.33. The summed E-state index contributed by atoms with van der Waals surface area (Å²) in [6, 6.07) is 4.73. The molecule has 0 radical (unpaired) electrons. The van der Waals surface area contributed by atoms with Gasteiger partial charge in [0.1, 0.15) is 12.4 Å². The maximum Gasteiger partial charge on any atom is 0.340 e. The Morgan fingerprint density at radius 3 is 2.43 bits per heavy atom. The van der Waals surface area contributed by atoms with Crippen molar-refractivity contribution in [3.8, 4) is 5.75 Å². The highest BCUT2D eigenvalue weighted by Gasteiger charge is 2.29. The number of hydrogen-bond donors (Lipinski definition) is 1. The number of rotatable bonds is 5. The smallest absolute Gasteiger partial charge is 0.340 e. The number of methoxy groups -OCH3 is 1. The Morgan fingerprint density at radius 2 is 1.90 bits per heavy atom. The van der Waals surface area contributed by atoms with Crippen molar-refractivity contribution in [3.63, 3.8) is 0 Å². The Hall–Kier alpha value is -1.76. The fraction of sp³-hybridized carbons (Fsp3) is 0.500. The monoisotopic (exact) mass is 315 g/mol. The van der Waals surface area contributed by atoms with E-state index in [0.29, 0.717) is 5.75 Å². The van der Waals surface area contributed by atoms with E-state index in [4.69, 9.17) is 15.2 Å². The zero-order valence-electron chi connectivity index (χ0n) is 12.7. The molecule has 0 heterocycles. The van der Waals surface area contributed by atoms with Gasteiger partial charge in [-0.05, 0) is 32.9 Å². The first-order chi connectivity index (χ1) is 9.60. The maximum atomic E-state index is 11.9. The molecule has 1 aromatic carbocycles. The molecule has 2 N–H and O–H groups in total. The van der Waals surface area contributed by atoms with Gasteiger partial charge in [-0.2, -0.15) is 0 Å². The van der Waals surface area contributed by atoms with E-state index in [0.717, 1.165) is 0 Å². The van der Waals surface area contributed by atoms with Crippen LogP contribution in [0, 0.1) is 0 Å². The van der Waals surface area contributed by atoms with Crippen LogP contribution in [0.4, 0.5) is 5.69 Å². The molecule has 0 spiro atoms. The Morgan fingerprint density at radius 1 is 1.29 bits per heavy atom. The summed E-state index contributed by atoms with van der Waals surface area (Å²) in [6.45, 7) is 4.59. The summed E-state index contributed by atoms with van der Waals surface area (Å²) >= 11 is 0. The van der Waals surface area contributed by atoms with Crippen LogP contribution in [0.5, 0.6) is 5.75 Å². The van der Waals surface area contributed by atoms with Gasteiger partial charge in [-0.15, -0.1) is 0 Å². The van der Waals surface area contributed by atoms with E-state index in [1.165, 1.54) is 13.2 Å². The average Bonchev–Trinajstić information content (AvgIpc) is 2.37. The number of carbonyl (C=O) groups is 1. The van der Waals surface area contributed by atoms with Crippen LogP contribution in [0.2, 0.25) is 0 Å². The van der Waals surface area contributed by atoms with E-state index in [1.54, 1.807) is 32.9 Å². The largest absolute Gasteiger partial charge is 0.495 e. The molecule has 6 nitrogen and oxygen atoms in total. The third-order valence-electron chi connectivity index (χ3n) is 3.02. The van der Waals surface area contributed by atoms with E-state index in [2.05, 4.69) is 0 Å². The van der Waals surface area contributed by atoms with E-state index in [9.17, 15) is 13.2 Å². The topological polar surface area (TPSA) is 95.7 Å². The number of nitrogen functional groups attached to an aromatic ring is 1.